The summed E-state index contributed by atoms with van der Waals surface area (Å²) in [5.74, 6) is 0.928. The van der Waals surface area contributed by atoms with Gasteiger partial charge >= 0.3 is 0 Å². The smallest absolute Gasteiger partial charge is 0.253 e. The van der Waals surface area contributed by atoms with Gasteiger partial charge in [0.25, 0.3) is 5.91 Å². The first-order chi connectivity index (χ1) is 16.4. The van der Waals surface area contributed by atoms with E-state index in [1.165, 1.54) is 11.6 Å². The van der Waals surface area contributed by atoms with Crippen LogP contribution in [0, 0.1) is 24.6 Å². The lowest BCUT2D eigenvalue weighted by Gasteiger charge is -2.30. The Morgan fingerprint density at radius 1 is 1.00 bits per heavy atom. The van der Waals surface area contributed by atoms with Crippen molar-refractivity contribution in [2.75, 3.05) is 26.2 Å². The topological polar surface area (TPSA) is 23.6 Å². The number of aryl methyl sites for hydroxylation is 1. The molecule has 0 spiro atoms. The van der Waals surface area contributed by atoms with Crippen molar-refractivity contribution in [1.29, 1.82) is 0 Å². The number of halogens is 1. The number of carbonyl (C=O) groups excluding carboxylic acids is 1. The number of hydrogen-bond donors (Lipinski definition) is 0. The van der Waals surface area contributed by atoms with Crippen molar-refractivity contribution in [2.45, 2.75) is 33.2 Å². The maximum Gasteiger partial charge on any atom is 0.253 e. The highest BCUT2D eigenvalue weighted by atomic mass is 19.1. The molecule has 3 aromatic rings. The molecule has 3 nitrogen and oxygen atoms in total. The predicted octanol–water partition coefficient (Wildman–Crippen LogP) is 6.15. The van der Waals surface area contributed by atoms with Crippen molar-refractivity contribution in [3.05, 3.63) is 107 Å². The van der Waals surface area contributed by atoms with Crippen molar-refractivity contribution in [1.82, 2.24) is 9.80 Å². The second-order valence-electron chi connectivity index (χ2n) is 10.1. The van der Waals surface area contributed by atoms with Crippen LogP contribution in [-0.2, 0) is 6.54 Å². The zero-order chi connectivity index (χ0) is 24.1. The molecule has 1 heterocycles. The molecule has 0 saturated carbocycles. The van der Waals surface area contributed by atoms with E-state index in [0.29, 0.717) is 30.8 Å². The minimum absolute atomic E-state index is 0.101. The van der Waals surface area contributed by atoms with Crippen LogP contribution in [0.4, 0.5) is 4.39 Å². The van der Waals surface area contributed by atoms with Gasteiger partial charge in [0, 0.05) is 44.2 Å². The van der Waals surface area contributed by atoms with Crippen LogP contribution in [0.1, 0.15) is 46.8 Å². The van der Waals surface area contributed by atoms with E-state index in [-0.39, 0.29) is 11.7 Å². The van der Waals surface area contributed by atoms with Crippen LogP contribution in [-0.4, -0.2) is 41.9 Å². The second-order valence-corrected chi connectivity index (χ2v) is 10.1. The van der Waals surface area contributed by atoms with Crippen molar-refractivity contribution in [3.63, 3.8) is 0 Å². The van der Waals surface area contributed by atoms with Gasteiger partial charge < -0.3 is 4.90 Å². The molecule has 2 unspecified atom stereocenters. The molecule has 34 heavy (non-hydrogen) atoms. The lowest BCUT2D eigenvalue weighted by atomic mass is 9.88. The second kappa shape index (κ2) is 11.0. The fraction of sp³-hybridized carbons (Fsp3) is 0.367. The monoisotopic (exact) mass is 458 g/mol. The summed E-state index contributed by atoms with van der Waals surface area (Å²) in [6.07, 6.45) is 0. The van der Waals surface area contributed by atoms with Crippen molar-refractivity contribution < 1.29 is 9.18 Å². The molecule has 1 amide bonds. The Kier molecular flexibility index (Phi) is 7.79. The molecule has 0 aromatic heterocycles. The van der Waals surface area contributed by atoms with Crippen LogP contribution in [0.5, 0.6) is 0 Å². The highest BCUT2D eigenvalue weighted by Gasteiger charge is 2.36. The third-order valence-electron chi connectivity index (χ3n) is 6.67. The lowest BCUT2D eigenvalue weighted by molar-refractivity contribution is 0.0703. The van der Waals surface area contributed by atoms with Gasteiger partial charge in [-0.25, -0.2) is 4.39 Å². The Morgan fingerprint density at radius 3 is 2.41 bits per heavy atom. The first-order valence-electron chi connectivity index (χ1n) is 12.3. The van der Waals surface area contributed by atoms with E-state index in [1.54, 1.807) is 12.1 Å². The summed E-state index contributed by atoms with van der Waals surface area (Å²) >= 11 is 0. The van der Waals surface area contributed by atoms with E-state index in [9.17, 15) is 9.18 Å². The number of carbonyl (C=O) groups is 1. The van der Waals surface area contributed by atoms with Gasteiger partial charge in [-0.15, -0.1) is 0 Å². The largest absolute Gasteiger partial charge is 0.338 e. The molecule has 1 aliphatic heterocycles. The van der Waals surface area contributed by atoms with Gasteiger partial charge in [0.15, 0.2) is 0 Å². The number of likely N-dealkylation sites (tertiary alicyclic amines) is 1. The molecule has 1 saturated heterocycles. The highest BCUT2D eigenvalue weighted by Crippen LogP contribution is 2.34. The lowest BCUT2D eigenvalue weighted by Crippen LogP contribution is -2.39. The minimum atomic E-state index is -0.195. The van der Waals surface area contributed by atoms with Crippen LogP contribution in [0.2, 0.25) is 0 Å². The summed E-state index contributed by atoms with van der Waals surface area (Å²) in [7, 11) is 0. The number of amides is 1. The zero-order valence-corrected chi connectivity index (χ0v) is 20.5. The normalized spacial score (nSPS) is 18.4. The predicted molar refractivity (Wildman–Crippen MR) is 136 cm³/mol. The Morgan fingerprint density at radius 2 is 1.74 bits per heavy atom. The first-order valence-corrected chi connectivity index (χ1v) is 12.3. The van der Waals surface area contributed by atoms with E-state index in [1.807, 2.05) is 48.2 Å². The third kappa shape index (κ3) is 6.12. The third-order valence-corrected chi connectivity index (χ3v) is 6.67. The van der Waals surface area contributed by atoms with Gasteiger partial charge in [-0.2, -0.15) is 0 Å². The Labute approximate surface area is 203 Å². The molecule has 0 radical (unpaired) electrons. The summed E-state index contributed by atoms with van der Waals surface area (Å²) in [5, 5.41) is 0. The van der Waals surface area contributed by atoms with Crippen LogP contribution in [0.15, 0.2) is 78.9 Å². The summed E-state index contributed by atoms with van der Waals surface area (Å²) < 4.78 is 13.8. The maximum atomic E-state index is 13.8. The Bertz CT molecular complexity index is 1080. The number of rotatable bonds is 8. The molecular weight excluding hydrogens is 423 g/mol. The SMILES string of the molecule is Cc1ccc(C(=O)N(CC(C)C)CC2CN(Cc3cccc(F)c3)CC2c2ccccc2)cc1. The van der Waals surface area contributed by atoms with E-state index in [2.05, 4.69) is 43.0 Å². The molecule has 1 fully saturated rings. The molecule has 4 rings (SSSR count). The number of benzene rings is 3. The average Bonchev–Trinajstić information content (AvgIpc) is 3.21. The summed E-state index contributed by atoms with van der Waals surface area (Å²) in [6, 6.07) is 25.4. The van der Waals surface area contributed by atoms with Crippen molar-refractivity contribution in [2.24, 2.45) is 11.8 Å². The molecular formula is C30H35FN2O. The average molecular weight is 459 g/mol. The number of hydrogen-bond acceptors (Lipinski definition) is 2. The molecule has 2 atom stereocenters. The molecule has 3 aromatic carbocycles. The van der Waals surface area contributed by atoms with E-state index in [4.69, 9.17) is 0 Å². The quantitative estimate of drug-likeness (QED) is 0.404. The van der Waals surface area contributed by atoms with E-state index in [0.717, 1.165) is 36.3 Å². The van der Waals surface area contributed by atoms with Crippen LogP contribution < -0.4 is 0 Å². The fourth-order valence-electron chi connectivity index (χ4n) is 5.09. The molecule has 4 heteroatoms. The van der Waals surface area contributed by atoms with E-state index < -0.39 is 0 Å². The number of nitrogens with zero attached hydrogens (tertiary/aromatic N) is 2. The van der Waals surface area contributed by atoms with Crippen molar-refractivity contribution in [3.8, 4) is 0 Å². The van der Waals surface area contributed by atoms with Gasteiger partial charge in [0.1, 0.15) is 5.82 Å². The fourth-order valence-corrected chi connectivity index (χ4v) is 5.09. The standard InChI is InChI=1S/C30H35FN2O/c1-22(2)17-33(30(34)26-14-12-23(3)13-15-26)20-27-19-32(18-24-8-7-11-28(31)16-24)21-29(27)25-9-5-4-6-10-25/h4-16,22,27,29H,17-21H2,1-3H3. The molecule has 0 bridgehead atoms. The van der Waals surface area contributed by atoms with Crippen LogP contribution in [0.25, 0.3) is 0 Å². The Balaban J connectivity index is 1.56. The molecule has 1 aliphatic rings. The Hall–Kier alpha value is -2.98. The molecule has 0 aliphatic carbocycles. The van der Waals surface area contributed by atoms with Gasteiger partial charge in [0.2, 0.25) is 0 Å². The van der Waals surface area contributed by atoms with E-state index >= 15 is 0 Å². The summed E-state index contributed by atoms with van der Waals surface area (Å²) in [5.41, 5.74) is 4.20. The zero-order valence-electron chi connectivity index (χ0n) is 20.5. The van der Waals surface area contributed by atoms with Gasteiger partial charge in [-0.1, -0.05) is 74.0 Å². The van der Waals surface area contributed by atoms with Crippen molar-refractivity contribution >= 4 is 5.91 Å². The first kappa shape index (κ1) is 24.2. The molecule has 178 valence electrons. The van der Waals surface area contributed by atoms with Crippen LogP contribution >= 0.6 is 0 Å². The maximum absolute atomic E-state index is 13.8. The summed E-state index contributed by atoms with van der Waals surface area (Å²) in [4.78, 5) is 18.0. The molecule has 0 N–H and O–H groups in total. The van der Waals surface area contributed by atoms with Gasteiger partial charge in [-0.3, -0.25) is 9.69 Å². The van der Waals surface area contributed by atoms with Gasteiger partial charge in [-0.05, 0) is 54.2 Å². The highest BCUT2D eigenvalue weighted by molar-refractivity contribution is 5.94. The summed E-state index contributed by atoms with van der Waals surface area (Å²) in [6.45, 7) is 10.3. The minimum Gasteiger partial charge on any atom is -0.338 e. The van der Waals surface area contributed by atoms with Crippen LogP contribution in [0.3, 0.4) is 0 Å². The van der Waals surface area contributed by atoms with Gasteiger partial charge in [0.05, 0.1) is 0 Å².